The van der Waals surface area contributed by atoms with E-state index in [1.165, 1.54) is 6.07 Å². The van der Waals surface area contributed by atoms with Gasteiger partial charge in [0.2, 0.25) is 0 Å². The highest BCUT2D eigenvalue weighted by molar-refractivity contribution is 5.85. The van der Waals surface area contributed by atoms with Gasteiger partial charge in [-0.15, -0.1) is 0 Å². The van der Waals surface area contributed by atoms with Crippen LogP contribution in [0.5, 0.6) is 0 Å². The lowest BCUT2D eigenvalue weighted by atomic mass is 9.83. The number of fused-ring (bicyclic) bond motifs is 1. The first-order valence-electron chi connectivity index (χ1n) is 5.44. The van der Waals surface area contributed by atoms with Gasteiger partial charge in [-0.05, 0) is 30.7 Å². The molecule has 0 amide bonds. The fourth-order valence-corrected chi connectivity index (χ4v) is 2.27. The summed E-state index contributed by atoms with van der Waals surface area (Å²) in [6.45, 7) is 6.70. The lowest BCUT2D eigenvalue weighted by Gasteiger charge is -2.23. The summed E-state index contributed by atoms with van der Waals surface area (Å²) in [4.78, 5) is 3.27. The maximum absolute atomic E-state index is 13.3. The average Bonchev–Trinajstić information content (AvgIpc) is 2.54. The predicted octanol–water partition coefficient (Wildman–Crippen LogP) is 2.85. The standard InChI is InChI=1S/C13H17FN2/c1-8-12(13(2,3)7-15)10-6-9(14)4-5-11(10)16-8/h4-6,16H,7,15H2,1-3H3. The van der Waals surface area contributed by atoms with Gasteiger partial charge in [-0.3, -0.25) is 0 Å². The predicted molar refractivity (Wildman–Crippen MR) is 65.1 cm³/mol. The Labute approximate surface area is 94.7 Å². The molecule has 1 heterocycles. The number of aromatic amines is 1. The summed E-state index contributed by atoms with van der Waals surface area (Å²) in [6.07, 6.45) is 0. The van der Waals surface area contributed by atoms with Crippen LogP contribution in [0.15, 0.2) is 18.2 Å². The van der Waals surface area contributed by atoms with Crippen molar-refractivity contribution < 1.29 is 4.39 Å². The summed E-state index contributed by atoms with van der Waals surface area (Å²) < 4.78 is 13.3. The van der Waals surface area contributed by atoms with Gasteiger partial charge in [-0.2, -0.15) is 0 Å². The maximum Gasteiger partial charge on any atom is 0.123 e. The van der Waals surface area contributed by atoms with Gasteiger partial charge in [0, 0.05) is 28.6 Å². The van der Waals surface area contributed by atoms with Crippen LogP contribution >= 0.6 is 0 Å². The Kier molecular flexibility index (Phi) is 2.50. The zero-order valence-corrected chi connectivity index (χ0v) is 9.89. The third-order valence-corrected chi connectivity index (χ3v) is 3.14. The minimum absolute atomic E-state index is 0.143. The second kappa shape index (κ2) is 3.59. The van der Waals surface area contributed by atoms with Crippen LogP contribution in [-0.4, -0.2) is 11.5 Å². The number of halogens is 1. The van der Waals surface area contributed by atoms with Crippen molar-refractivity contribution in [3.05, 3.63) is 35.3 Å². The molecule has 3 N–H and O–H groups in total. The highest BCUT2D eigenvalue weighted by atomic mass is 19.1. The fraction of sp³-hybridized carbons (Fsp3) is 0.385. The van der Waals surface area contributed by atoms with E-state index in [0.717, 1.165) is 22.2 Å². The summed E-state index contributed by atoms with van der Waals surface area (Å²) in [5.41, 5.74) is 8.79. The van der Waals surface area contributed by atoms with Gasteiger partial charge in [0.1, 0.15) is 5.82 Å². The van der Waals surface area contributed by atoms with Crippen molar-refractivity contribution in [3.63, 3.8) is 0 Å². The van der Waals surface area contributed by atoms with Crippen molar-refractivity contribution in [1.82, 2.24) is 4.98 Å². The lowest BCUT2D eigenvalue weighted by molar-refractivity contribution is 0.540. The Morgan fingerprint density at radius 3 is 2.69 bits per heavy atom. The Morgan fingerprint density at radius 1 is 1.38 bits per heavy atom. The van der Waals surface area contributed by atoms with Gasteiger partial charge in [0.15, 0.2) is 0 Å². The number of aryl methyl sites for hydroxylation is 1. The fourth-order valence-electron chi connectivity index (χ4n) is 2.27. The van der Waals surface area contributed by atoms with E-state index in [1.54, 1.807) is 12.1 Å². The van der Waals surface area contributed by atoms with Crippen molar-refractivity contribution in [3.8, 4) is 0 Å². The number of nitrogens with one attached hydrogen (secondary N) is 1. The molecule has 0 unspecified atom stereocenters. The first-order valence-corrected chi connectivity index (χ1v) is 5.44. The van der Waals surface area contributed by atoms with Crippen molar-refractivity contribution in [1.29, 1.82) is 0 Å². The van der Waals surface area contributed by atoms with Crippen LogP contribution in [0.25, 0.3) is 10.9 Å². The quantitative estimate of drug-likeness (QED) is 0.802. The van der Waals surface area contributed by atoms with Crippen molar-refractivity contribution in [2.45, 2.75) is 26.2 Å². The summed E-state index contributed by atoms with van der Waals surface area (Å²) in [6, 6.07) is 4.82. The van der Waals surface area contributed by atoms with Gasteiger partial charge < -0.3 is 10.7 Å². The van der Waals surface area contributed by atoms with Crippen LogP contribution in [0.3, 0.4) is 0 Å². The summed E-state index contributed by atoms with van der Waals surface area (Å²) in [7, 11) is 0. The first-order chi connectivity index (χ1) is 7.45. The molecule has 0 saturated heterocycles. The Morgan fingerprint density at radius 2 is 2.06 bits per heavy atom. The zero-order chi connectivity index (χ0) is 11.9. The third-order valence-electron chi connectivity index (χ3n) is 3.14. The summed E-state index contributed by atoms with van der Waals surface area (Å²) in [5, 5.41) is 0.938. The van der Waals surface area contributed by atoms with Crippen LogP contribution < -0.4 is 5.73 Å². The molecule has 0 spiro atoms. The summed E-state index contributed by atoms with van der Waals surface area (Å²) in [5.74, 6) is -0.208. The molecule has 0 bridgehead atoms. The molecule has 0 aliphatic rings. The molecule has 0 atom stereocenters. The van der Waals surface area contributed by atoms with Gasteiger partial charge in [-0.1, -0.05) is 13.8 Å². The monoisotopic (exact) mass is 220 g/mol. The van der Waals surface area contributed by atoms with E-state index in [1.807, 2.05) is 6.92 Å². The van der Waals surface area contributed by atoms with E-state index in [2.05, 4.69) is 18.8 Å². The molecule has 0 aliphatic carbocycles. The van der Waals surface area contributed by atoms with Crippen LogP contribution in [0.1, 0.15) is 25.1 Å². The van der Waals surface area contributed by atoms with Crippen LogP contribution in [0.4, 0.5) is 4.39 Å². The number of hydrogen-bond acceptors (Lipinski definition) is 1. The highest BCUT2D eigenvalue weighted by Crippen LogP contribution is 2.33. The molecular weight excluding hydrogens is 203 g/mol. The average molecular weight is 220 g/mol. The minimum atomic E-state index is -0.208. The Hall–Kier alpha value is -1.35. The normalized spacial score (nSPS) is 12.3. The van der Waals surface area contributed by atoms with Gasteiger partial charge in [0.25, 0.3) is 0 Å². The second-order valence-electron chi connectivity index (χ2n) is 4.90. The molecule has 2 rings (SSSR count). The molecule has 16 heavy (non-hydrogen) atoms. The molecule has 2 nitrogen and oxygen atoms in total. The van der Waals surface area contributed by atoms with Crippen LogP contribution in [0, 0.1) is 12.7 Å². The molecule has 1 aromatic heterocycles. The third kappa shape index (κ3) is 1.61. The van der Waals surface area contributed by atoms with E-state index < -0.39 is 0 Å². The molecular formula is C13H17FN2. The number of rotatable bonds is 2. The second-order valence-corrected chi connectivity index (χ2v) is 4.90. The number of H-pyrrole nitrogens is 1. The number of hydrogen-bond donors (Lipinski definition) is 2. The molecule has 86 valence electrons. The topological polar surface area (TPSA) is 41.8 Å². The molecule has 0 saturated carbocycles. The van der Waals surface area contributed by atoms with E-state index in [4.69, 9.17) is 5.73 Å². The largest absolute Gasteiger partial charge is 0.358 e. The van der Waals surface area contributed by atoms with Gasteiger partial charge >= 0.3 is 0 Å². The van der Waals surface area contributed by atoms with Gasteiger partial charge in [0.05, 0.1) is 0 Å². The summed E-state index contributed by atoms with van der Waals surface area (Å²) >= 11 is 0. The molecule has 0 radical (unpaired) electrons. The van der Waals surface area contributed by atoms with Gasteiger partial charge in [-0.25, -0.2) is 4.39 Å². The van der Waals surface area contributed by atoms with Crippen LogP contribution in [0.2, 0.25) is 0 Å². The van der Waals surface area contributed by atoms with E-state index in [-0.39, 0.29) is 11.2 Å². The number of benzene rings is 1. The number of nitrogens with two attached hydrogens (primary N) is 1. The first kappa shape index (κ1) is 11.1. The van der Waals surface area contributed by atoms with Crippen molar-refractivity contribution in [2.75, 3.05) is 6.54 Å². The van der Waals surface area contributed by atoms with E-state index in [9.17, 15) is 4.39 Å². The van der Waals surface area contributed by atoms with Crippen molar-refractivity contribution in [2.24, 2.45) is 5.73 Å². The lowest BCUT2D eigenvalue weighted by Crippen LogP contribution is -2.28. The SMILES string of the molecule is Cc1[nH]c2ccc(F)cc2c1C(C)(C)CN. The minimum Gasteiger partial charge on any atom is -0.358 e. The molecule has 1 aromatic carbocycles. The Balaban J connectivity index is 2.77. The van der Waals surface area contributed by atoms with E-state index in [0.29, 0.717) is 6.54 Å². The molecule has 2 aromatic rings. The molecule has 3 heteroatoms. The molecule has 0 fully saturated rings. The number of aromatic nitrogens is 1. The van der Waals surface area contributed by atoms with Crippen LogP contribution in [-0.2, 0) is 5.41 Å². The molecule has 0 aliphatic heterocycles. The van der Waals surface area contributed by atoms with Crippen molar-refractivity contribution >= 4 is 10.9 Å². The zero-order valence-electron chi connectivity index (χ0n) is 9.89. The highest BCUT2D eigenvalue weighted by Gasteiger charge is 2.24. The Bertz CT molecular complexity index is 526. The smallest absolute Gasteiger partial charge is 0.123 e. The van der Waals surface area contributed by atoms with E-state index >= 15 is 0 Å². The maximum atomic E-state index is 13.3.